The van der Waals surface area contributed by atoms with E-state index >= 15 is 0 Å². The van der Waals surface area contributed by atoms with Crippen LogP contribution in [-0.2, 0) is 6.42 Å². The van der Waals surface area contributed by atoms with Crippen LogP contribution in [0.1, 0.15) is 25.5 Å². The van der Waals surface area contributed by atoms with Crippen LogP contribution < -0.4 is 5.32 Å². The van der Waals surface area contributed by atoms with E-state index in [1.165, 1.54) is 6.42 Å². The average Bonchev–Trinajstić information content (AvgIpc) is 2.20. The summed E-state index contributed by atoms with van der Waals surface area (Å²) in [4.78, 5) is 4.28. The maximum Gasteiger partial charge on any atom is 0.0622 e. The highest BCUT2D eigenvalue weighted by Gasteiger charge is 2.09. The lowest BCUT2D eigenvalue weighted by Crippen LogP contribution is -2.27. The molecule has 1 rings (SSSR count). The molecule has 0 amide bonds. The van der Waals surface area contributed by atoms with Gasteiger partial charge in [-0.1, -0.05) is 24.9 Å². The first kappa shape index (κ1) is 11.5. The Hall–Kier alpha value is -0.600. The van der Waals surface area contributed by atoms with Crippen LogP contribution in [0.5, 0.6) is 0 Å². The van der Waals surface area contributed by atoms with E-state index < -0.39 is 0 Å². The monoisotopic (exact) mass is 212 g/mol. The summed E-state index contributed by atoms with van der Waals surface area (Å²) in [5, 5.41) is 4.05. The molecule has 1 atom stereocenters. The van der Waals surface area contributed by atoms with Gasteiger partial charge in [0.25, 0.3) is 0 Å². The zero-order chi connectivity index (χ0) is 10.4. The van der Waals surface area contributed by atoms with Crippen LogP contribution in [-0.4, -0.2) is 18.1 Å². The molecule has 1 heterocycles. The molecule has 0 aliphatic rings. The zero-order valence-corrected chi connectivity index (χ0v) is 9.51. The summed E-state index contributed by atoms with van der Waals surface area (Å²) in [7, 11) is 1.98. The summed E-state index contributed by atoms with van der Waals surface area (Å²) in [6, 6.07) is 4.23. The number of aromatic nitrogens is 1. The molecule has 0 radical (unpaired) electrons. The minimum atomic E-state index is 0.479. The van der Waals surface area contributed by atoms with E-state index in [0.29, 0.717) is 6.04 Å². The van der Waals surface area contributed by atoms with Crippen molar-refractivity contribution >= 4 is 11.6 Å². The van der Waals surface area contributed by atoms with Gasteiger partial charge in [-0.05, 0) is 25.6 Å². The van der Waals surface area contributed by atoms with Crippen LogP contribution in [0.3, 0.4) is 0 Å². The number of rotatable bonds is 5. The maximum atomic E-state index is 6.04. The number of nitrogens with zero attached hydrogens (tertiary/aromatic N) is 1. The smallest absolute Gasteiger partial charge is 0.0622 e. The topological polar surface area (TPSA) is 24.9 Å². The molecule has 1 unspecified atom stereocenters. The third-order valence-corrected chi connectivity index (χ3v) is 2.66. The molecule has 0 saturated carbocycles. The van der Waals surface area contributed by atoms with E-state index in [1.807, 2.05) is 19.2 Å². The molecule has 0 aliphatic heterocycles. The van der Waals surface area contributed by atoms with Gasteiger partial charge in [0, 0.05) is 18.7 Å². The van der Waals surface area contributed by atoms with Crippen molar-refractivity contribution in [2.24, 2.45) is 0 Å². The SMILES string of the molecule is CCCC(Cc1ncccc1Cl)NC. The third-order valence-electron chi connectivity index (χ3n) is 2.32. The van der Waals surface area contributed by atoms with Crippen molar-refractivity contribution < 1.29 is 0 Å². The number of hydrogen-bond donors (Lipinski definition) is 1. The Kier molecular flexibility index (Phi) is 4.91. The molecule has 14 heavy (non-hydrogen) atoms. The Bertz CT molecular complexity index is 276. The van der Waals surface area contributed by atoms with E-state index in [4.69, 9.17) is 11.6 Å². The number of likely N-dealkylation sites (N-methyl/N-ethyl adjacent to an activating group) is 1. The summed E-state index contributed by atoms with van der Waals surface area (Å²) in [5.41, 5.74) is 0.988. The van der Waals surface area contributed by atoms with Crippen molar-refractivity contribution in [1.82, 2.24) is 10.3 Å². The minimum absolute atomic E-state index is 0.479. The van der Waals surface area contributed by atoms with E-state index in [0.717, 1.165) is 23.6 Å². The lowest BCUT2D eigenvalue weighted by Gasteiger charge is -2.14. The normalized spacial score (nSPS) is 12.8. The van der Waals surface area contributed by atoms with Crippen LogP contribution in [0, 0.1) is 0 Å². The van der Waals surface area contributed by atoms with E-state index in [-0.39, 0.29) is 0 Å². The Morgan fingerprint density at radius 2 is 2.36 bits per heavy atom. The van der Waals surface area contributed by atoms with Gasteiger partial charge in [-0.15, -0.1) is 0 Å². The Labute approximate surface area is 90.7 Å². The van der Waals surface area contributed by atoms with Crippen LogP contribution in [0.4, 0.5) is 0 Å². The average molecular weight is 213 g/mol. The molecule has 1 N–H and O–H groups in total. The highest BCUT2D eigenvalue weighted by atomic mass is 35.5. The predicted octanol–water partition coefficient (Wildman–Crippen LogP) is 2.67. The van der Waals surface area contributed by atoms with Gasteiger partial charge in [-0.2, -0.15) is 0 Å². The van der Waals surface area contributed by atoms with Crippen LogP contribution >= 0.6 is 11.6 Å². The third kappa shape index (κ3) is 3.28. The van der Waals surface area contributed by atoms with Crippen molar-refractivity contribution in [3.05, 3.63) is 29.0 Å². The lowest BCUT2D eigenvalue weighted by molar-refractivity contribution is 0.509. The molecular weight excluding hydrogens is 196 g/mol. The second-order valence-electron chi connectivity index (χ2n) is 3.41. The summed E-state index contributed by atoms with van der Waals surface area (Å²) < 4.78 is 0. The Balaban J connectivity index is 2.62. The van der Waals surface area contributed by atoms with Gasteiger partial charge in [0.2, 0.25) is 0 Å². The van der Waals surface area contributed by atoms with Crippen LogP contribution in [0.15, 0.2) is 18.3 Å². The molecule has 3 heteroatoms. The Morgan fingerprint density at radius 3 is 2.93 bits per heavy atom. The fraction of sp³-hybridized carbons (Fsp3) is 0.545. The first-order chi connectivity index (χ1) is 6.77. The molecule has 0 aliphatic carbocycles. The molecule has 1 aromatic rings. The minimum Gasteiger partial charge on any atom is -0.317 e. The summed E-state index contributed by atoms with van der Waals surface area (Å²) in [6.45, 7) is 2.18. The van der Waals surface area contributed by atoms with Gasteiger partial charge >= 0.3 is 0 Å². The molecule has 78 valence electrons. The molecule has 0 spiro atoms. The summed E-state index contributed by atoms with van der Waals surface area (Å²) >= 11 is 6.04. The van der Waals surface area contributed by atoms with Crippen LogP contribution in [0.25, 0.3) is 0 Å². The fourth-order valence-electron chi connectivity index (χ4n) is 1.50. The fourth-order valence-corrected chi connectivity index (χ4v) is 1.70. The summed E-state index contributed by atoms with van der Waals surface area (Å²) in [5.74, 6) is 0. The van der Waals surface area contributed by atoms with Crippen molar-refractivity contribution in [2.45, 2.75) is 32.2 Å². The molecule has 0 fully saturated rings. The zero-order valence-electron chi connectivity index (χ0n) is 8.76. The van der Waals surface area contributed by atoms with Crippen LogP contribution in [0.2, 0.25) is 5.02 Å². The highest BCUT2D eigenvalue weighted by molar-refractivity contribution is 6.31. The van der Waals surface area contributed by atoms with Gasteiger partial charge in [0.1, 0.15) is 0 Å². The summed E-state index contributed by atoms with van der Waals surface area (Å²) in [6.07, 6.45) is 5.03. The van der Waals surface area contributed by atoms with Crippen molar-refractivity contribution in [1.29, 1.82) is 0 Å². The highest BCUT2D eigenvalue weighted by Crippen LogP contribution is 2.15. The second-order valence-corrected chi connectivity index (χ2v) is 3.82. The number of halogens is 1. The number of hydrogen-bond acceptors (Lipinski definition) is 2. The predicted molar refractivity (Wildman–Crippen MR) is 60.7 cm³/mol. The van der Waals surface area contributed by atoms with Gasteiger partial charge in [-0.3, -0.25) is 4.98 Å². The molecular formula is C11H17ClN2. The standard InChI is InChI=1S/C11H17ClN2/c1-3-5-9(13-2)8-11-10(12)6-4-7-14-11/h4,6-7,9,13H,3,5,8H2,1-2H3. The van der Waals surface area contributed by atoms with E-state index in [9.17, 15) is 0 Å². The van der Waals surface area contributed by atoms with Gasteiger partial charge in [0.05, 0.1) is 10.7 Å². The van der Waals surface area contributed by atoms with Gasteiger partial charge < -0.3 is 5.32 Å². The number of pyridine rings is 1. The number of nitrogens with one attached hydrogen (secondary N) is 1. The van der Waals surface area contributed by atoms with Crippen molar-refractivity contribution in [3.8, 4) is 0 Å². The van der Waals surface area contributed by atoms with Crippen molar-refractivity contribution in [3.63, 3.8) is 0 Å². The first-order valence-electron chi connectivity index (χ1n) is 5.04. The van der Waals surface area contributed by atoms with Crippen molar-refractivity contribution in [2.75, 3.05) is 7.05 Å². The molecule has 0 saturated heterocycles. The van der Waals surface area contributed by atoms with E-state index in [2.05, 4.69) is 17.2 Å². The molecule has 0 bridgehead atoms. The molecule has 1 aromatic heterocycles. The largest absolute Gasteiger partial charge is 0.317 e. The Morgan fingerprint density at radius 1 is 1.57 bits per heavy atom. The molecule has 2 nitrogen and oxygen atoms in total. The molecule has 0 aromatic carbocycles. The lowest BCUT2D eigenvalue weighted by atomic mass is 10.1. The van der Waals surface area contributed by atoms with Gasteiger partial charge in [0.15, 0.2) is 0 Å². The first-order valence-corrected chi connectivity index (χ1v) is 5.42. The maximum absolute atomic E-state index is 6.04. The van der Waals surface area contributed by atoms with E-state index in [1.54, 1.807) is 6.20 Å². The van der Waals surface area contributed by atoms with Gasteiger partial charge in [-0.25, -0.2) is 0 Å². The quantitative estimate of drug-likeness (QED) is 0.812. The second kappa shape index (κ2) is 5.99.